The Morgan fingerprint density at radius 2 is 1.82 bits per heavy atom. The number of carbonyl (C=O) groups excluding carboxylic acids is 2. The maximum Gasteiger partial charge on any atom is 0.405 e. The zero-order valence-electron chi connectivity index (χ0n) is 23.8. The molecule has 6 N–H and O–H groups in total. The molecule has 1 aliphatic rings. The van der Waals surface area contributed by atoms with Crippen LogP contribution in [0.3, 0.4) is 0 Å². The van der Waals surface area contributed by atoms with E-state index in [1.54, 1.807) is 32.1 Å². The smallest absolute Gasteiger partial charge is 0.405 e. The van der Waals surface area contributed by atoms with Gasteiger partial charge in [0.15, 0.2) is 6.10 Å². The first kappa shape index (κ1) is 32.3. The van der Waals surface area contributed by atoms with Crippen molar-refractivity contribution >= 4 is 17.7 Å². The Balaban J connectivity index is 2.53. The number of methoxy groups -OCH3 is 2. The van der Waals surface area contributed by atoms with Gasteiger partial charge in [0, 0.05) is 37.0 Å². The van der Waals surface area contributed by atoms with Crippen LogP contribution in [0.25, 0.3) is 0 Å². The third kappa shape index (κ3) is 9.06. The van der Waals surface area contributed by atoms with E-state index < -0.39 is 30.5 Å². The number of nitrogens with two attached hydrogens (primary N) is 1. The van der Waals surface area contributed by atoms with Crippen molar-refractivity contribution < 1.29 is 39.1 Å². The molecule has 2 rings (SSSR count). The number of allylic oxidation sites excluding steroid dienone is 1. The number of fused-ring (bicyclic) bond motifs is 2. The van der Waals surface area contributed by atoms with Crippen molar-refractivity contribution in [1.29, 1.82) is 0 Å². The van der Waals surface area contributed by atoms with Gasteiger partial charge >= 0.3 is 6.09 Å². The molecule has 1 aliphatic heterocycles. The number of hydrogen-bond acceptors (Lipinski definition) is 8. The number of aliphatic hydroxyl groups is 2. The third-order valence-electron chi connectivity index (χ3n) is 7.24. The average Bonchev–Trinajstić information content (AvgIpc) is 2.88. The highest BCUT2D eigenvalue weighted by molar-refractivity contribution is 6.03. The van der Waals surface area contributed by atoms with Crippen LogP contribution in [-0.4, -0.2) is 66.0 Å². The molecule has 0 radical (unpaired) electrons. The fraction of sp³-hybridized carbons (Fsp3) is 0.586. The van der Waals surface area contributed by atoms with Gasteiger partial charge in [0.05, 0.1) is 24.9 Å². The number of benzene rings is 1. The lowest BCUT2D eigenvalue weighted by Gasteiger charge is -2.30. The Kier molecular flexibility index (Phi) is 12.4. The highest BCUT2D eigenvalue weighted by Crippen LogP contribution is 2.32. The van der Waals surface area contributed by atoms with Gasteiger partial charge in [0.2, 0.25) is 0 Å². The van der Waals surface area contributed by atoms with Crippen LogP contribution in [-0.2, 0) is 32.0 Å². The molecule has 0 saturated carbocycles. The summed E-state index contributed by atoms with van der Waals surface area (Å²) in [6.07, 6.45) is 1.71. The molecular formula is C29H44N2O8. The Morgan fingerprint density at radius 1 is 1.15 bits per heavy atom. The van der Waals surface area contributed by atoms with Crippen molar-refractivity contribution in [2.45, 2.75) is 84.4 Å². The SMILES string of the molecule is CO[C@H]1C[C@H](C)Cc2cc(cc(CO)c2O)NC(=O)/C(C)=C/CC[C@H](OC)[C@@H](OC(N)=O)/C(C)=C/[C@H](C)[C@H]1O. The number of amides is 2. The summed E-state index contributed by atoms with van der Waals surface area (Å²) in [5.74, 6) is -0.735. The van der Waals surface area contributed by atoms with Crippen LogP contribution in [0.5, 0.6) is 5.75 Å². The third-order valence-corrected chi connectivity index (χ3v) is 7.24. The summed E-state index contributed by atoms with van der Waals surface area (Å²) in [5, 5.41) is 34.5. The van der Waals surface area contributed by atoms with E-state index in [0.29, 0.717) is 53.6 Å². The van der Waals surface area contributed by atoms with E-state index >= 15 is 0 Å². The van der Waals surface area contributed by atoms with Crippen LogP contribution in [0.2, 0.25) is 0 Å². The minimum atomic E-state index is -0.941. The number of phenols is 1. The molecule has 2 amide bonds. The van der Waals surface area contributed by atoms with Crippen LogP contribution in [0.1, 0.15) is 58.1 Å². The van der Waals surface area contributed by atoms with Crippen molar-refractivity contribution in [3.63, 3.8) is 0 Å². The number of ether oxygens (including phenoxy) is 3. The van der Waals surface area contributed by atoms with E-state index in [4.69, 9.17) is 19.9 Å². The van der Waals surface area contributed by atoms with Gasteiger partial charge in [-0.25, -0.2) is 4.79 Å². The van der Waals surface area contributed by atoms with E-state index in [0.717, 1.165) is 0 Å². The monoisotopic (exact) mass is 548 g/mol. The predicted octanol–water partition coefficient (Wildman–Crippen LogP) is 3.57. The summed E-state index contributed by atoms with van der Waals surface area (Å²) in [4.78, 5) is 24.6. The zero-order chi connectivity index (χ0) is 29.3. The summed E-state index contributed by atoms with van der Waals surface area (Å²) in [6, 6.07) is 3.24. The molecule has 218 valence electrons. The molecule has 10 heteroatoms. The number of rotatable bonds is 4. The molecule has 6 atom stereocenters. The van der Waals surface area contributed by atoms with Gasteiger partial charge < -0.3 is 40.6 Å². The maximum atomic E-state index is 12.9. The van der Waals surface area contributed by atoms with Gasteiger partial charge in [-0.3, -0.25) is 4.79 Å². The largest absolute Gasteiger partial charge is 0.507 e. The first-order valence-electron chi connectivity index (χ1n) is 13.2. The van der Waals surface area contributed by atoms with Crippen LogP contribution >= 0.6 is 0 Å². The van der Waals surface area contributed by atoms with E-state index in [1.165, 1.54) is 14.2 Å². The molecule has 0 spiro atoms. The Morgan fingerprint density at radius 3 is 2.41 bits per heavy atom. The van der Waals surface area contributed by atoms with Crippen molar-refractivity contribution in [3.05, 3.63) is 46.6 Å². The Bertz CT molecular complexity index is 1050. The first-order chi connectivity index (χ1) is 18.4. The van der Waals surface area contributed by atoms with Gasteiger partial charge in [-0.1, -0.05) is 26.0 Å². The second kappa shape index (κ2) is 15.0. The summed E-state index contributed by atoms with van der Waals surface area (Å²) < 4.78 is 16.7. The molecule has 1 aromatic carbocycles. The summed E-state index contributed by atoms with van der Waals surface area (Å²) >= 11 is 0. The van der Waals surface area contributed by atoms with Crippen LogP contribution < -0.4 is 11.1 Å². The highest BCUT2D eigenvalue weighted by Gasteiger charge is 2.30. The number of carbonyl (C=O) groups is 2. The van der Waals surface area contributed by atoms with E-state index in [1.807, 2.05) is 19.9 Å². The number of anilines is 1. The molecule has 0 aromatic heterocycles. The lowest BCUT2D eigenvalue weighted by molar-refractivity contribution is -0.112. The normalized spacial score (nSPS) is 30.4. The standard InChI is InChI=1S/C29H44N2O8/c1-16-10-20-13-22(14-21(15-32)26(20)34)31-28(35)17(2)8-7-9-23(37-5)27(39-29(30)36)19(4)12-18(3)25(33)24(11-16)38-6/h8,12-14,16,18,23-25,27,32-34H,7,9-11,15H2,1-6H3,(H2,30,36)(H,31,35)/b17-8+,19-12+/t16-,18+,23+,24+,25-,27+/m1/s1. The fourth-order valence-electron chi connectivity index (χ4n) is 5.05. The molecule has 10 nitrogen and oxygen atoms in total. The van der Waals surface area contributed by atoms with Gasteiger partial charge in [0.1, 0.15) is 5.75 Å². The predicted molar refractivity (Wildman–Crippen MR) is 148 cm³/mol. The van der Waals surface area contributed by atoms with Crippen molar-refractivity contribution in [2.75, 3.05) is 19.5 Å². The molecule has 2 bridgehead atoms. The van der Waals surface area contributed by atoms with E-state index in [2.05, 4.69) is 5.32 Å². The number of primary amides is 1. The molecular weight excluding hydrogens is 504 g/mol. The highest BCUT2D eigenvalue weighted by atomic mass is 16.6. The second-order valence-corrected chi connectivity index (χ2v) is 10.4. The molecule has 0 saturated heterocycles. The first-order valence-corrected chi connectivity index (χ1v) is 13.2. The minimum absolute atomic E-state index is 0.0203. The quantitative estimate of drug-likeness (QED) is 0.282. The molecule has 0 fully saturated rings. The number of aromatic hydroxyl groups is 1. The average molecular weight is 549 g/mol. The summed E-state index contributed by atoms with van der Waals surface area (Å²) in [7, 11) is 3.04. The lowest BCUT2D eigenvalue weighted by atomic mass is 9.87. The Labute approximate surface area is 230 Å². The van der Waals surface area contributed by atoms with Gasteiger partial charge in [0.25, 0.3) is 5.91 Å². The molecule has 0 aliphatic carbocycles. The second-order valence-electron chi connectivity index (χ2n) is 10.4. The fourth-order valence-corrected chi connectivity index (χ4v) is 5.05. The number of hydrogen-bond donors (Lipinski definition) is 5. The van der Waals surface area contributed by atoms with Crippen LogP contribution in [0.4, 0.5) is 10.5 Å². The topological polar surface area (TPSA) is 161 Å². The van der Waals surface area contributed by atoms with Gasteiger partial charge in [-0.15, -0.1) is 0 Å². The molecule has 0 unspecified atom stereocenters. The molecule has 1 heterocycles. The number of nitrogens with one attached hydrogen (secondary N) is 1. The zero-order valence-corrected chi connectivity index (χ0v) is 23.8. The molecule has 1 aromatic rings. The van der Waals surface area contributed by atoms with E-state index in [9.17, 15) is 24.9 Å². The number of aliphatic hydroxyl groups excluding tert-OH is 2. The summed E-state index contributed by atoms with van der Waals surface area (Å²) in [6.45, 7) is 6.91. The van der Waals surface area contributed by atoms with Gasteiger partial charge in [-0.2, -0.15) is 0 Å². The van der Waals surface area contributed by atoms with Crippen LogP contribution in [0.15, 0.2) is 35.4 Å². The van der Waals surface area contributed by atoms with Crippen molar-refractivity contribution in [2.24, 2.45) is 17.6 Å². The van der Waals surface area contributed by atoms with Crippen molar-refractivity contribution in [3.8, 4) is 5.75 Å². The lowest BCUT2D eigenvalue weighted by Crippen LogP contribution is -2.37. The van der Waals surface area contributed by atoms with Crippen LogP contribution in [0, 0.1) is 11.8 Å². The Hall–Kier alpha value is -2.92. The summed E-state index contributed by atoms with van der Waals surface area (Å²) in [5.41, 5.74) is 7.83. The van der Waals surface area contributed by atoms with Gasteiger partial charge in [-0.05, 0) is 68.7 Å². The van der Waals surface area contributed by atoms with Crippen molar-refractivity contribution in [1.82, 2.24) is 0 Å². The minimum Gasteiger partial charge on any atom is -0.507 e. The van der Waals surface area contributed by atoms with E-state index in [-0.39, 0.29) is 30.1 Å². The molecule has 39 heavy (non-hydrogen) atoms. The maximum absolute atomic E-state index is 12.9.